The zero-order valence-electron chi connectivity index (χ0n) is 13.5. The maximum atomic E-state index is 12.5. The van der Waals surface area contributed by atoms with Crippen LogP contribution in [0.5, 0.6) is 0 Å². The number of rotatable bonds is 5. The van der Waals surface area contributed by atoms with E-state index in [1.165, 1.54) is 10.9 Å². The summed E-state index contributed by atoms with van der Waals surface area (Å²) in [7, 11) is 0. The Bertz CT molecular complexity index is 838. The molecule has 7 heteroatoms. The van der Waals surface area contributed by atoms with Crippen LogP contribution in [0.3, 0.4) is 0 Å². The highest BCUT2D eigenvalue weighted by atomic mass is 35.5. The van der Waals surface area contributed by atoms with E-state index < -0.39 is 5.54 Å². The fourth-order valence-corrected chi connectivity index (χ4v) is 2.40. The molecule has 0 atom stereocenters. The predicted molar refractivity (Wildman–Crippen MR) is 93.0 cm³/mol. The van der Waals surface area contributed by atoms with Crippen molar-refractivity contribution >= 4 is 23.3 Å². The monoisotopic (exact) mass is 343 g/mol. The van der Waals surface area contributed by atoms with Gasteiger partial charge in [-0.2, -0.15) is 10.2 Å². The number of aromatic nitrogens is 4. The molecule has 6 nitrogen and oxygen atoms in total. The Morgan fingerprint density at radius 3 is 2.67 bits per heavy atom. The summed E-state index contributed by atoms with van der Waals surface area (Å²) in [6.45, 7) is 4.19. The average molecular weight is 344 g/mol. The molecule has 0 radical (unpaired) electrons. The van der Waals surface area contributed by atoms with E-state index in [1.54, 1.807) is 30.8 Å². The van der Waals surface area contributed by atoms with Crippen molar-refractivity contribution in [1.29, 1.82) is 0 Å². The number of nitrogens with zero attached hydrogens (tertiary/aromatic N) is 4. The quantitative estimate of drug-likeness (QED) is 0.774. The van der Waals surface area contributed by atoms with Crippen LogP contribution in [0.25, 0.3) is 0 Å². The third-order valence-electron chi connectivity index (χ3n) is 3.75. The molecule has 0 saturated heterocycles. The Hall–Kier alpha value is -2.60. The smallest absolute Gasteiger partial charge is 0.252 e. The van der Waals surface area contributed by atoms with Gasteiger partial charge in [0.2, 0.25) is 0 Å². The number of benzene rings is 1. The molecule has 124 valence electrons. The Kier molecular flexibility index (Phi) is 4.40. The molecule has 3 aromatic rings. The van der Waals surface area contributed by atoms with E-state index in [1.807, 2.05) is 36.5 Å². The van der Waals surface area contributed by atoms with Crippen LogP contribution >= 0.6 is 11.6 Å². The fourth-order valence-electron chi connectivity index (χ4n) is 2.27. The maximum Gasteiger partial charge on any atom is 0.252 e. The van der Waals surface area contributed by atoms with Gasteiger partial charge in [-0.3, -0.25) is 14.2 Å². The van der Waals surface area contributed by atoms with Crippen LogP contribution in [0.15, 0.2) is 55.0 Å². The Morgan fingerprint density at radius 1 is 1.25 bits per heavy atom. The van der Waals surface area contributed by atoms with Gasteiger partial charge in [-0.05, 0) is 19.4 Å². The summed E-state index contributed by atoms with van der Waals surface area (Å²) in [6, 6.07) is 11.8. The molecule has 2 heterocycles. The van der Waals surface area contributed by atoms with Crippen molar-refractivity contribution < 1.29 is 4.79 Å². The topological polar surface area (TPSA) is 64.7 Å². The van der Waals surface area contributed by atoms with Crippen LogP contribution in [0, 0.1) is 0 Å². The highest BCUT2D eigenvalue weighted by molar-refractivity contribution is 6.30. The average Bonchev–Trinajstić information content (AvgIpc) is 3.18. The third-order valence-corrected chi connectivity index (χ3v) is 3.94. The zero-order valence-corrected chi connectivity index (χ0v) is 14.2. The molecule has 0 bridgehead atoms. The minimum absolute atomic E-state index is 0.216. The lowest BCUT2D eigenvalue weighted by Crippen LogP contribution is -2.40. The van der Waals surface area contributed by atoms with Crippen molar-refractivity contribution in [2.24, 2.45) is 0 Å². The molecule has 0 aliphatic heterocycles. The van der Waals surface area contributed by atoms with Crippen molar-refractivity contribution in [3.63, 3.8) is 0 Å². The molecule has 24 heavy (non-hydrogen) atoms. The number of nitrogens with one attached hydrogen (secondary N) is 1. The molecule has 0 unspecified atom stereocenters. The Morgan fingerprint density at radius 2 is 2.00 bits per heavy atom. The fraction of sp³-hybridized carbons (Fsp3) is 0.235. The number of hydrogen-bond donors (Lipinski definition) is 1. The van der Waals surface area contributed by atoms with E-state index in [0.717, 1.165) is 5.56 Å². The van der Waals surface area contributed by atoms with Crippen molar-refractivity contribution in [3.05, 3.63) is 65.6 Å². The van der Waals surface area contributed by atoms with Crippen LogP contribution in [-0.4, -0.2) is 25.5 Å². The first-order chi connectivity index (χ1) is 11.4. The highest BCUT2D eigenvalue weighted by Gasteiger charge is 2.31. The van der Waals surface area contributed by atoms with Crippen molar-refractivity contribution in [2.75, 3.05) is 5.32 Å². The minimum Gasteiger partial charge on any atom is -0.307 e. The molecule has 1 N–H and O–H groups in total. The van der Waals surface area contributed by atoms with Gasteiger partial charge < -0.3 is 5.32 Å². The second kappa shape index (κ2) is 6.49. The summed E-state index contributed by atoms with van der Waals surface area (Å²) in [5, 5.41) is 11.8. The van der Waals surface area contributed by atoms with Crippen molar-refractivity contribution in [2.45, 2.75) is 25.9 Å². The van der Waals surface area contributed by atoms with Gasteiger partial charge >= 0.3 is 0 Å². The number of halogens is 1. The number of carbonyl (C=O) groups is 1. The number of anilines is 1. The summed E-state index contributed by atoms with van der Waals surface area (Å²) in [5.41, 5.74) is 0.265. The number of hydrogen-bond acceptors (Lipinski definition) is 3. The molecule has 1 amide bonds. The first-order valence-corrected chi connectivity index (χ1v) is 7.92. The van der Waals surface area contributed by atoms with Crippen LogP contribution in [0.2, 0.25) is 5.02 Å². The Balaban J connectivity index is 1.69. The van der Waals surface area contributed by atoms with E-state index in [0.29, 0.717) is 17.4 Å². The molecular formula is C17H18ClN5O. The molecule has 0 saturated carbocycles. The van der Waals surface area contributed by atoms with E-state index in [2.05, 4.69) is 15.5 Å². The summed E-state index contributed by atoms with van der Waals surface area (Å²) in [5.74, 6) is 0.287. The van der Waals surface area contributed by atoms with Gasteiger partial charge in [0, 0.05) is 18.5 Å². The Labute approximate surface area is 145 Å². The largest absolute Gasteiger partial charge is 0.307 e. The molecule has 0 fully saturated rings. The van der Waals surface area contributed by atoms with Gasteiger partial charge in [-0.15, -0.1) is 0 Å². The summed E-state index contributed by atoms with van der Waals surface area (Å²) >= 11 is 5.88. The van der Waals surface area contributed by atoms with Crippen molar-refractivity contribution in [3.8, 4) is 0 Å². The van der Waals surface area contributed by atoms with Crippen molar-refractivity contribution in [1.82, 2.24) is 19.6 Å². The SMILES string of the molecule is CC(C)(C(=O)Nc1ccn(Cc2ccccc2)n1)n1cc(Cl)cn1. The van der Waals surface area contributed by atoms with Crippen LogP contribution < -0.4 is 5.32 Å². The molecule has 0 aliphatic carbocycles. The second-order valence-electron chi connectivity index (χ2n) is 6.00. The lowest BCUT2D eigenvalue weighted by Gasteiger charge is -2.23. The maximum absolute atomic E-state index is 12.5. The highest BCUT2D eigenvalue weighted by Crippen LogP contribution is 2.19. The van der Waals surface area contributed by atoms with E-state index in [4.69, 9.17) is 11.6 Å². The molecule has 0 aliphatic rings. The normalized spacial score (nSPS) is 11.5. The molecular weight excluding hydrogens is 326 g/mol. The van der Waals surface area contributed by atoms with Gasteiger partial charge in [0.25, 0.3) is 5.91 Å². The standard InChI is InChI=1S/C17H18ClN5O/c1-17(2,23-12-14(18)10-19-23)16(24)20-15-8-9-22(21-15)11-13-6-4-3-5-7-13/h3-10,12H,11H2,1-2H3,(H,20,21,24). The number of carbonyl (C=O) groups excluding carboxylic acids is 1. The van der Waals surface area contributed by atoms with Crippen LogP contribution in [-0.2, 0) is 16.9 Å². The van der Waals surface area contributed by atoms with Gasteiger partial charge in [0.1, 0.15) is 5.54 Å². The predicted octanol–water partition coefficient (Wildman–Crippen LogP) is 3.16. The van der Waals surface area contributed by atoms with Gasteiger partial charge in [-0.25, -0.2) is 0 Å². The van der Waals surface area contributed by atoms with E-state index >= 15 is 0 Å². The lowest BCUT2D eigenvalue weighted by atomic mass is 10.1. The summed E-state index contributed by atoms with van der Waals surface area (Å²) < 4.78 is 3.31. The third kappa shape index (κ3) is 3.49. The molecule has 2 aromatic heterocycles. The molecule has 3 rings (SSSR count). The second-order valence-corrected chi connectivity index (χ2v) is 6.44. The first kappa shape index (κ1) is 16.3. The molecule has 1 aromatic carbocycles. The summed E-state index contributed by atoms with van der Waals surface area (Å²) in [6.07, 6.45) is 4.96. The van der Waals surface area contributed by atoms with Crippen LogP contribution in [0.4, 0.5) is 5.82 Å². The molecule has 0 spiro atoms. The van der Waals surface area contributed by atoms with E-state index in [9.17, 15) is 4.79 Å². The first-order valence-electron chi connectivity index (χ1n) is 7.54. The number of amides is 1. The van der Waals surface area contributed by atoms with Gasteiger partial charge in [-0.1, -0.05) is 41.9 Å². The van der Waals surface area contributed by atoms with Gasteiger partial charge in [0.15, 0.2) is 5.82 Å². The van der Waals surface area contributed by atoms with Gasteiger partial charge in [0.05, 0.1) is 17.8 Å². The zero-order chi connectivity index (χ0) is 17.2. The van der Waals surface area contributed by atoms with Crippen LogP contribution in [0.1, 0.15) is 19.4 Å². The summed E-state index contributed by atoms with van der Waals surface area (Å²) in [4.78, 5) is 12.5. The minimum atomic E-state index is -0.879. The lowest BCUT2D eigenvalue weighted by molar-refractivity contribution is -0.123. The van der Waals surface area contributed by atoms with E-state index in [-0.39, 0.29) is 5.91 Å².